The van der Waals surface area contributed by atoms with Crippen LogP contribution in [0.5, 0.6) is 0 Å². The fraction of sp³-hybridized carbons (Fsp3) is 0.400. The fourth-order valence-corrected chi connectivity index (χ4v) is 2.07. The van der Waals surface area contributed by atoms with Crippen molar-refractivity contribution in [3.05, 3.63) is 18.2 Å². The largest absolute Gasteiger partial charge is 0.399 e. The minimum Gasteiger partial charge on any atom is -0.399 e. The van der Waals surface area contributed by atoms with Gasteiger partial charge in [0, 0.05) is 12.2 Å². The number of hydrogen-bond acceptors (Lipinski definition) is 4. The third kappa shape index (κ3) is 3.39. The summed E-state index contributed by atoms with van der Waals surface area (Å²) < 4.78 is 22.6. The summed E-state index contributed by atoms with van der Waals surface area (Å²) in [5.41, 5.74) is 6.42. The maximum atomic E-state index is 11.3. The molecule has 5 nitrogen and oxygen atoms in total. The van der Waals surface area contributed by atoms with E-state index in [9.17, 15) is 8.42 Å². The number of hydrogen-bond donors (Lipinski definition) is 3. The van der Waals surface area contributed by atoms with Crippen LogP contribution in [0.1, 0.15) is 19.8 Å². The minimum atomic E-state index is -3.74. The lowest BCUT2D eigenvalue weighted by atomic mass is 10.2. The van der Waals surface area contributed by atoms with E-state index < -0.39 is 10.0 Å². The van der Waals surface area contributed by atoms with Crippen molar-refractivity contribution in [2.45, 2.75) is 24.7 Å². The lowest BCUT2D eigenvalue weighted by Gasteiger charge is -2.10. The van der Waals surface area contributed by atoms with Crippen molar-refractivity contribution in [2.24, 2.45) is 5.14 Å². The zero-order valence-corrected chi connectivity index (χ0v) is 10.0. The van der Waals surface area contributed by atoms with E-state index in [4.69, 9.17) is 10.9 Å². The van der Waals surface area contributed by atoms with Crippen LogP contribution in [0.2, 0.25) is 0 Å². The van der Waals surface area contributed by atoms with Gasteiger partial charge in [-0.15, -0.1) is 0 Å². The Kier molecular flexibility index (Phi) is 4.14. The van der Waals surface area contributed by atoms with Crippen LogP contribution in [0, 0.1) is 0 Å². The van der Waals surface area contributed by atoms with Gasteiger partial charge in [0.25, 0.3) is 0 Å². The number of sulfonamides is 1. The first-order valence-electron chi connectivity index (χ1n) is 5.11. The number of nitrogens with two attached hydrogens (primary N) is 2. The molecule has 0 aromatic heterocycles. The van der Waals surface area contributed by atoms with Crippen LogP contribution in [0.25, 0.3) is 0 Å². The summed E-state index contributed by atoms with van der Waals surface area (Å²) in [6, 6.07) is 4.64. The second-order valence-electron chi connectivity index (χ2n) is 3.58. The summed E-state index contributed by atoms with van der Waals surface area (Å²) in [6.07, 6.45) is 2.00. The van der Waals surface area contributed by atoms with E-state index in [1.807, 2.05) is 0 Å². The highest BCUT2D eigenvalue weighted by molar-refractivity contribution is 7.89. The van der Waals surface area contributed by atoms with E-state index in [0.29, 0.717) is 17.9 Å². The van der Waals surface area contributed by atoms with Crippen molar-refractivity contribution in [1.29, 1.82) is 0 Å². The molecule has 1 rings (SSSR count). The molecular weight excluding hydrogens is 226 g/mol. The Morgan fingerprint density at radius 3 is 2.62 bits per heavy atom. The van der Waals surface area contributed by atoms with Crippen LogP contribution in [0.15, 0.2) is 23.1 Å². The topological polar surface area (TPSA) is 98.2 Å². The summed E-state index contributed by atoms with van der Waals surface area (Å²) >= 11 is 0. The first-order chi connectivity index (χ1) is 7.45. The van der Waals surface area contributed by atoms with Crippen LogP contribution in [-0.2, 0) is 10.0 Å². The molecule has 0 fully saturated rings. The molecule has 0 saturated heterocycles. The Labute approximate surface area is 95.9 Å². The van der Waals surface area contributed by atoms with Gasteiger partial charge in [-0.2, -0.15) is 0 Å². The number of primary sulfonamides is 1. The molecule has 6 heteroatoms. The summed E-state index contributed by atoms with van der Waals surface area (Å²) in [5, 5.41) is 8.14. The average Bonchev–Trinajstić information content (AvgIpc) is 2.19. The lowest BCUT2D eigenvalue weighted by molar-refractivity contribution is 0.598. The summed E-state index contributed by atoms with van der Waals surface area (Å²) in [5.74, 6) is 0. The summed E-state index contributed by atoms with van der Waals surface area (Å²) in [7, 11) is -3.74. The Balaban J connectivity index is 2.99. The highest BCUT2D eigenvalue weighted by atomic mass is 32.2. The molecule has 0 spiro atoms. The zero-order chi connectivity index (χ0) is 12.2. The number of nitrogen functional groups attached to an aromatic ring is 1. The van der Waals surface area contributed by atoms with Crippen molar-refractivity contribution in [2.75, 3.05) is 17.6 Å². The smallest absolute Gasteiger partial charge is 0.240 e. The molecule has 0 radical (unpaired) electrons. The molecule has 0 aliphatic carbocycles. The normalized spacial score (nSPS) is 11.4. The third-order valence-electron chi connectivity index (χ3n) is 2.16. The molecule has 0 unspecified atom stereocenters. The molecule has 5 N–H and O–H groups in total. The second-order valence-corrected chi connectivity index (χ2v) is 5.11. The number of unbranched alkanes of at least 4 members (excludes halogenated alkanes) is 1. The molecule has 0 saturated carbocycles. The van der Waals surface area contributed by atoms with Crippen molar-refractivity contribution >= 4 is 21.4 Å². The molecular formula is C10H17N3O2S. The molecule has 0 amide bonds. The van der Waals surface area contributed by atoms with E-state index >= 15 is 0 Å². The highest BCUT2D eigenvalue weighted by Gasteiger charge is 2.13. The Morgan fingerprint density at radius 2 is 2.06 bits per heavy atom. The lowest BCUT2D eigenvalue weighted by Crippen LogP contribution is -2.15. The molecule has 0 aliphatic rings. The molecule has 1 aromatic carbocycles. The summed E-state index contributed by atoms with van der Waals surface area (Å²) in [4.78, 5) is 0.0450. The SMILES string of the molecule is CCCCNc1ccc(N)cc1S(N)(=O)=O. The molecule has 0 bridgehead atoms. The van der Waals surface area contributed by atoms with Crippen molar-refractivity contribution in [3.8, 4) is 0 Å². The van der Waals surface area contributed by atoms with Gasteiger partial charge in [-0.3, -0.25) is 0 Å². The average molecular weight is 243 g/mol. The highest BCUT2D eigenvalue weighted by Crippen LogP contribution is 2.22. The Hall–Kier alpha value is -1.27. The van der Waals surface area contributed by atoms with Crippen LogP contribution in [0.3, 0.4) is 0 Å². The summed E-state index contributed by atoms with van der Waals surface area (Å²) in [6.45, 7) is 2.77. The predicted octanol–water partition coefficient (Wildman–Crippen LogP) is 1.13. The Morgan fingerprint density at radius 1 is 1.38 bits per heavy atom. The molecule has 0 atom stereocenters. The van der Waals surface area contributed by atoms with E-state index in [2.05, 4.69) is 12.2 Å². The van der Waals surface area contributed by atoms with E-state index in [1.165, 1.54) is 6.07 Å². The number of nitrogens with one attached hydrogen (secondary N) is 1. The third-order valence-corrected chi connectivity index (χ3v) is 3.11. The maximum absolute atomic E-state index is 11.3. The van der Waals surface area contributed by atoms with Gasteiger partial charge >= 0.3 is 0 Å². The van der Waals surface area contributed by atoms with Gasteiger partial charge in [0.15, 0.2) is 0 Å². The van der Waals surface area contributed by atoms with E-state index in [-0.39, 0.29) is 4.90 Å². The van der Waals surface area contributed by atoms with Crippen LogP contribution >= 0.6 is 0 Å². The van der Waals surface area contributed by atoms with Gasteiger partial charge in [-0.25, -0.2) is 13.6 Å². The fourth-order valence-electron chi connectivity index (χ4n) is 1.32. The molecule has 16 heavy (non-hydrogen) atoms. The van der Waals surface area contributed by atoms with Crippen molar-refractivity contribution in [3.63, 3.8) is 0 Å². The van der Waals surface area contributed by atoms with Gasteiger partial charge in [-0.1, -0.05) is 13.3 Å². The maximum Gasteiger partial charge on any atom is 0.240 e. The van der Waals surface area contributed by atoms with Gasteiger partial charge in [0.05, 0.1) is 5.69 Å². The quantitative estimate of drug-likeness (QED) is 0.533. The van der Waals surface area contributed by atoms with E-state index in [1.54, 1.807) is 12.1 Å². The van der Waals surface area contributed by atoms with Crippen LogP contribution in [-0.4, -0.2) is 15.0 Å². The van der Waals surface area contributed by atoms with Crippen LogP contribution < -0.4 is 16.2 Å². The van der Waals surface area contributed by atoms with Crippen LogP contribution in [0.4, 0.5) is 11.4 Å². The molecule has 1 aromatic rings. The number of anilines is 2. The van der Waals surface area contributed by atoms with Gasteiger partial charge in [-0.05, 0) is 24.6 Å². The Bertz CT molecular complexity index is 457. The van der Waals surface area contributed by atoms with Gasteiger partial charge < -0.3 is 11.1 Å². The predicted molar refractivity (Wildman–Crippen MR) is 65.6 cm³/mol. The van der Waals surface area contributed by atoms with Crippen molar-refractivity contribution in [1.82, 2.24) is 0 Å². The van der Waals surface area contributed by atoms with Gasteiger partial charge in [0.2, 0.25) is 10.0 Å². The van der Waals surface area contributed by atoms with E-state index in [0.717, 1.165) is 12.8 Å². The first kappa shape index (κ1) is 12.8. The molecule has 0 aliphatic heterocycles. The van der Waals surface area contributed by atoms with Gasteiger partial charge in [0.1, 0.15) is 4.90 Å². The molecule has 0 heterocycles. The monoisotopic (exact) mass is 243 g/mol. The zero-order valence-electron chi connectivity index (χ0n) is 9.23. The number of benzene rings is 1. The second kappa shape index (κ2) is 5.18. The van der Waals surface area contributed by atoms with Crippen molar-refractivity contribution < 1.29 is 8.42 Å². The first-order valence-corrected chi connectivity index (χ1v) is 6.66. The number of rotatable bonds is 5. The molecule has 90 valence electrons. The minimum absolute atomic E-state index is 0.0450. The standard InChI is InChI=1S/C10H17N3O2S/c1-2-3-6-13-9-5-4-8(11)7-10(9)16(12,14)15/h4-5,7,13H,2-3,6,11H2,1H3,(H2,12,14,15).